The Kier molecular flexibility index (Phi) is 5.45. The smallest absolute Gasteiger partial charge is 0.376 e. The first-order valence-corrected chi connectivity index (χ1v) is 9.00. The fourth-order valence-electron chi connectivity index (χ4n) is 3.67. The van der Waals surface area contributed by atoms with Gasteiger partial charge in [-0.15, -0.1) is 0 Å². The molecule has 2 aliphatic rings. The Hall–Kier alpha value is -1.77. The molecule has 3 rings (SSSR count). The molecule has 0 aromatic carbocycles. The summed E-state index contributed by atoms with van der Waals surface area (Å²) >= 11 is 0. The van der Waals surface area contributed by atoms with Crippen LogP contribution in [0.3, 0.4) is 0 Å². The largest absolute Gasteiger partial charge is 0.434 e. The van der Waals surface area contributed by atoms with Crippen LogP contribution in [0.25, 0.3) is 0 Å². The van der Waals surface area contributed by atoms with Crippen molar-refractivity contribution in [3.63, 3.8) is 0 Å². The number of halogens is 3. The lowest BCUT2D eigenvalue weighted by atomic mass is 9.99. The number of carbonyl (C=O) groups is 1. The summed E-state index contributed by atoms with van der Waals surface area (Å²) in [6.45, 7) is 3.59. The van der Waals surface area contributed by atoms with E-state index in [0.29, 0.717) is 31.8 Å². The van der Waals surface area contributed by atoms with Crippen molar-refractivity contribution in [2.75, 3.05) is 20.2 Å². The zero-order valence-corrected chi connectivity index (χ0v) is 15.1. The highest BCUT2D eigenvalue weighted by atomic mass is 19.4. The monoisotopic (exact) mass is 374 g/mol. The summed E-state index contributed by atoms with van der Waals surface area (Å²) in [5.74, 6) is 0.569. The van der Waals surface area contributed by atoms with E-state index in [4.69, 9.17) is 4.74 Å². The Labute approximate surface area is 150 Å². The first-order chi connectivity index (χ1) is 12.2. The predicted molar refractivity (Wildman–Crippen MR) is 88.6 cm³/mol. The number of alkyl halides is 3. The molecule has 2 aliphatic heterocycles. The second-order valence-electron chi connectivity index (χ2n) is 7.27. The lowest BCUT2D eigenvalue weighted by molar-refractivity contribution is -0.141. The van der Waals surface area contributed by atoms with Crippen LogP contribution in [-0.2, 0) is 23.9 Å². The fraction of sp³-hybridized carbons (Fsp3) is 0.765. The number of hydrogen-bond acceptors (Lipinski definition) is 3. The van der Waals surface area contributed by atoms with Crippen molar-refractivity contribution in [3.8, 4) is 0 Å². The molecule has 1 fully saturated rings. The fourth-order valence-corrected chi connectivity index (χ4v) is 3.67. The molecule has 2 amide bonds. The first kappa shape index (κ1) is 19.0. The van der Waals surface area contributed by atoms with Gasteiger partial charge in [0.25, 0.3) is 0 Å². The molecule has 0 spiro atoms. The van der Waals surface area contributed by atoms with Crippen LogP contribution in [0.4, 0.5) is 18.0 Å². The molecule has 0 radical (unpaired) electrons. The van der Waals surface area contributed by atoms with Crippen molar-refractivity contribution < 1.29 is 22.7 Å². The molecule has 1 aromatic rings. The molecular weight excluding hydrogens is 349 g/mol. The van der Waals surface area contributed by atoms with Crippen LogP contribution in [0.15, 0.2) is 6.20 Å². The van der Waals surface area contributed by atoms with Gasteiger partial charge in [0.05, 0.1) is 12.1 Å². The van der Waals surface area contributed by atoms with E-state index in [1.807, 2.05) is 6.92 Å². The van der Waals surface area contributed by atoms with Crippen LogP contribution in [0.2, 0.25) is 0 Å². The summed E-state index contributed by atoms with van der Waals surface area (Å²) in [6.07, 6.45) is -0.142. The molecule has 3 atom stereocenters. The molecule has 146 valence electrons. The lowest BCUT2D eigenvalue weighted by Crippen LogP contribution is -2.48. The van der Waals surface area contributed by atoms with Crippen molar-refractivity contribution in [1.29, 1.82) is 0 Å². The van der Waals surface area contributed by atoms with Crippen molar-refractivity contribution in [3.05, 3.63) is 17.7 Å². The van der Waals surface area contributed by atoms with Gasteiger partial charge in [0.15, 0.2) is 5.69 Å². The Bertz CT molecular complexity index is 640. The SMILES string of the molecule is C[C@H](NC(=O)N(C)C[C@@H]1CCc2nc(C(F)(F)F)cn2C1)[C@H]1CCCO1. The zero-order valence-electron chi connectivity index (χ0n) is 15.1. The van der Waals surface area contributed by atoms with Crippen LogP contribution in [0.5, 0.6) is 0 Å². The maximum absolute atomic E-state index is 12.8. The molecule has 0 bridgehead atoms. The van der Waals surface area contributed by atoms with Gasteiger partial charge in [0, 0.05) is 39.4 Å². The van der Waals surface area contributed by atoms with E-state index in [0.717, 1.165) is 25.6 Å². The highest BCUT2D eigenvalue weighted by molar-refractivity contribution is 5.74. The van der Waals surface area contributed by atoms with Gasteiger partial charge in [0.1, 0.15) is 5.82 Å². The summed E-state index contributed by atoms with van der Waals surface area (Å²) in [7, 11) is 1.71. The summed E-state index contributed by atoms with van der Waals surface area (Å²) in [6, 6.07) is -0.242. The molecule has 1 saturated heterocycles. The van der Waals surface area contributed by atoms with Crippen LogP contribution >= 0.6 is 0 Å². The van der Waals surface area contributed by atoms with Gasteiger partial charge in [-0.2, -0.15) is 13.2 Å². The Morgan fingerprint density at radius 1 is 1.50 bits per heavy atom. The molecule has 26 heavy (non-hydrogen) atoms. The molecular formula is C17H25F3N4O2. The Balaban J connectivity index is 1.52. The van der Waals surface area contributed by atoms with E-state index in [1.54, 1.807) is 16.5 Å². The Morgan fingerprint density at radius 2 is 2.27 bits per heavy atom. The second kappa shape index (κ2) is 7.46. The minimum Gasteiger partial charge on any atom is -0.376 e. The highest BCUT2D eigenvalue weighted by Crippen LogP contribution is 2.30. The quantitative estimate of drug-likeness (QED) is 0.882. The maximum Gasteiger partial charge on any atom is 0.434 e. The van der Waals surface area contributed by atoms with Gasteiger partial charge in [-0.1, -0.05) is 0 Å². The molecule has 0 aliphatic carbocycles. The number of amides is 2. The van der Waals surface area contributed by atoms with E-state index in [1.165, 1.54) is 0 Å². The molecule has 1 aromatic heterocycles. The van der Waals surface area contributed by atoms with Crippen molar-refractivity contribution >= 4 is 6.03 Å². The normalized spacial score (nSPS) is 24.2. The van der Waals surface area contributed by atoms with E-state index in [9.17, 15) is 18.0 Å². The molecule has 1 N–H and O–H groups in total. The molecule has 3 heterocycles. The van der Waals surface area contributed by atoms with E-state index in [2.05, 4.69) is 10.3 Å². The summed E-state index contributed by atoms with van der Waals surface area (Å²) < 4.78 is 45.5. The van der Waals surface area contributed by atoms with E-state index >= 15 is 0 Å². The highest BCUT2D eigenvalue weighted by Gasteiger charge is 2.36. The van der Waals surface area contributed by atoms with Crippen LogP contribution in [0.1, 0.15) is 37.7 Å². The zero-order chi connectivity index (χ0) is 18.9. The predicted octanol–water partition coefficient (Wildman–Crippen LogP) is 2.67. The molecule has 9 heteroatoms. The van der Waals surface area contributed by atoms with Crippen LogP contribution in [0, 0.1) is 5.92 Å². The van der Waals surface area contributed by atoms with Gasteiger partial charge >= 0.3 is 12.2 Å². The average molecular weight is 374 g/mol. The van der Waals surface area contributed by atoms with Crippen LogP contribution in [-0.4, -0.2) is 52.8 Å². The van der Waals surface area contributed by atoms with E-state index < -0.39 is 11.9 Å². The number of fused-ring (bicyclic) bond motifs is 1. The summed E-state index contributed by atoms with van der Waals surface area (Å²) in [4.78, 5) is 17.6. The number of carbonyl (C=O) groups excluding carboxylic acids is 1. The number of imidazole rings is 1. The number of aryl methyl sites for hydroxylation is 1. The number of nitrogens with zero attached hydrogens (tertiary/aromatic N) is 3. The molecule has 0 unspecified atom stereocenters. The maximum atomic E-state index is 12.8. The van der Waals surface area contributed by atoms with Gasteiger partial charge in [-0.05, 0) is 32.1 Å². The van der Waals surface area contributed by atoms with E-state index in [-0.39, 0.29) is 24.1 Å². The lowest BCUT2D eigenvalue weighted by Gasteiger charge is -2.29. The van der Waals surface area contributed by atoms with Gasteiger partial charge in [-0.25, -0.2) is 9.78 Å². The summed E-state index contributed by atoms with van der Waals surface area (Å²) in [5, 5.41) is 2.95. The van der Waals surface area contributed by atoms with Crippen molar-refractivity contribution in [2.24, 2.45) is 5.92 Å². The van der Waals surface area contributed by atoms with Gasteiger partial charge < -0.3 is 19.5 Å². The van der Waals surface area contributed by atoms with Gasteiger partial charge in [-0.3, -0.25) is 0 Å². The third-order valence-electron chi connectivity index (χ3n) is 5.13. The summed E-state index contributed by atoms with van der Waals surface area (Å²) in [5.41, 5.74) is -0.843. The van der Waals surface area contributed by atoms with Crippen LogP contribution < -0.4 is 5.32 Å². The number of aromatic nitrogens is 2. The first-order valence-electron chi connectivity index (χ1n) is 9.00. The average Bonchev–Trinajstić information content (AvgIpc) is 3.23. The third kappa shape index (κ3) is 4.31. The minimum absolute atomic E-state index is 0.0522. The topological polar surface area (TPSA) is 59.4 Å². The van der Waals surface area contributed by atoms with Gasteiger partial charge in [0.2, 0.25) is 0 Å². The second-order valence-corrected chi connectivity index (χ2v) is 7.27. The number of nitrogens with one attached hydrogen (secondary N) is 1. The molecule has 6 nitrogen and oxygen atoms in total. The third-order valence-corrected chi connectivity index (χ3v) is 5.13. The van der Waals surface area contributed by atoms with Crippen molar-refractivity contribution in [1.82, 2.24) is 19.8 Å². The van der Waals surface area contributed by atoms with Crippen molar-refractivity contribution in [2.45, 2.75) is 57.5 Å². The number of hydrogen-bond donors (Lipinski definition) is 1. The Morgan fingerprint density at radius 3 is 2.92 bits per heavy atom. The minimum atomic E-state index is -4.42. The number of urea groups is 1. The number of ether oxygens (including phenoxy) is 1. The molecule has 0 saturated carbocycles. The standard InChI is InChI=1S/C17H25F3N4O2/c1-11(13-4-3-7-26-13)21-16(25)23(2)8-12-5-6-15-22-14(17(18,19)20)10-24(15)9-12/h10-13H,3-9H2,1-2H3,(H,21,25)/t11-,12-,13+/m0/s1. The number of rotatable bonds is 4.